The van der Waals surface area contributed by atoms with Gasteiger partial charge in [0, 0.05) is 57.4 Å². The van der Waals surface area contributed by atoms with Crippen LogP contribution < -0.4 is 15.4 Å². The summed E-state index contributed by atoms with van der Waals surface area (Å²) < 4.78 is 6.10. The lowest BCUT2D eigenvalue weighted by Crippen LogP contribution is -2.63. The van der Waals surface area contributed by atoms with Gasteiger partial charge in [-0.2, -0.15) is 0 Å². The average Bonchev–Trinajstić information content (AvgIpc) is 3.55. The molecule has 2 N–H and O–H groups in total. The number of benzene rings is 1. The molecule has 1 aliphatic carbocycles. The number of guanidine groups is 1. The lowest BCUT2D eigenvalue weighted by molar-refractivity contribution is 0.0154. The topological polar surface area (TPSA) is 52.1 Å². The van der Waals surface area contributed by atoms with Crippen molar-refractivity contribution >= 4 is 5.96 Å². The van der Waals surface area contributed by atoms with E-state index in [1.807, 2.05) is 0 Å². The number of nitrogens with one attached hydrogen (secondary N) is 2. The standard InChI is InChI=1S/C22H35N5O/c1-3-23-22(25-14-20-15-26-8-10-27(20)11-9-26)24-13-19-7-4-17(2)12-21(19)28-16-18-5-6-18/h4,7,12,18,20H,3,5-6,8-11,13-16H2,1-2H3,(H2,23,24,25). The van der Waals surface area contributed by atoms with Crippen LogP contribution in [0.2, 0.25) is 0 Å². The predicted molar refractivity (Wildman–Crippen MR) is 114 cm³/mol. The first-order valence-electron chi connectivity index (χ1n) is 10.9. The zero-order chi connectivity index (χ0) is 19.3. The maximum Gasteiger partial charge on any atom is 0.191 e. The Morgan fingerprint density at radius 3 is 2.68 bits per heavy atom. The van der Waals surface area contributed by atoms with Gasteiger partial charge in [0.2, 0.25) is 0 Å². The molecule has 5 rings (SSSR count). The van der Waals surface area contributed by atoms with E-state index in [2.05, 4.69) is 52.5 Å². The summed E-state index contributed by atoms with van der Waals surface area (Å²) in [5.74, 6) is 2.65. The van der Waals surface area contributed by atoms with E-state index in [0.717, 1.165) is 42.9 Å². The molecular formula is C22H35N5O. The lowest BCUT2D eigenvalue weighted by Gasteiger charge is -2.47. The summed E-state index contributed by atoms with van der Waals surface area (Å²) in [7, 11) is 0. The molecule has 1 atom stereocenters. The molecule has 3 aliphatic heterocycles. The lowest BCUT2D eigenvalue weighted by atomic mass is 10.1. The van der Waals surface area contributed by atoms with Gasteiger partial charge in [-0.05, 0) is 44.2 Å². The monoisotopic (exact) mass is 385 g/mol. The summed E-state index contributed by atoms with van der Waals surface area (Å²) in [4.78, 5) is 10.0. The third-order valence-corrected chi connectivity index (χ3v) is 6.04. The number of ether oxygens (including phenoxy) is 1. The quantitative estimate of drug-likeness (QED) is 0.528. The Bertz CT molecular complexity index is 680. The molecule has 28 heavy (non-hydrogen) atoms. The third-order valence-electron chi connectivity index (χ3n) is 6.04. The van der Waals surface area contributed by atoms with Crippen LogP contribution in [0.15, 0.2) is 23.2 Å². The summed E-state index contributed by atoms with van der Waals surface area (Å²) in [6.45, 7) is 13.5. The van der Waals surface area contributed by atoms with Crippen molar-refractivity contribution in [1.82, 2.24) is 20.4 Å². The first-order valence-corrected chi connectivity index (χ1v) is 10.9. The van der Waals surface area contributed by atoms with E-state index in [1.165, 1.54) is 51.1 Å². The third kappa shape index (κ3) is 5.17. The Balaban J connectivity index is 1.36. The van der Waals surface area contributed by atoms with Crippen molar-refractivity contribution in [2.24, 2.45) is 10.9 Å². The van der Waals surface area contributed by atoms with E-state index in [-0.39, 0.29) is 0 Å². The number of hydrogen-bond donors (Lipinski definition) is 2. The van der Waals surface area contributed by atoms with E-state index < -0.39 is 0 Å². The summed E-state index contributed by atoms with van der Waals surface area (Å²) in [5.41, 5.74) is 2.40. The molecule has 1 unspecified atom stereocenters. The molecule has 0 spiro atoms. The van der Waals surface area contributed by atoms with Gasteiger partial charge in [0.05, 0.1) is 13.2 Å². The smallest absolute Gasteiger partial charge is 0.191 e. The largest absolute Gasteiger partial charge is 0.493 e. The molecule has 154 valence electrons. The molecule has 0 radical (unpaired) electrons. The van der Waals surface area contributed by atoms with Crippen LogP contribution in [-0.4, -0.2) is 74.2 Å². The molecule has 0 aromatic heterocycles. The number of rotatable bonds is 8. The highest BCUT2D eigenvalue weighted by molar-refractivity contribution is 5.79. The van der Waals surface area contributed by atoms with Gasteiger partial charge < -0.3 is 15.4 Å². The number of aryl methyl sites for hydroxylation is 1. The molecule has 4 aliphatic rings. The zero-order valence-electron chi connectivity index (χ0n) is 17.4. The summed E-state index contributed by atoms with van der Waals surface area (Å²) in [5, 5.41) is 6.96. The van der Waals surface area contributed by atoms with Crippen molar-refractivity contribution in [2.45, 2.75) is 39.3 Å². The van der Waals surface area contributed by atoms with Crippen LogP contribution in [0.1, 0.15) is 30.9 Å². The minimum atomic E-state index is 0.586. The molecule has 3 heterocycles. The number of piperazine rings is 3. The number of aliphatic imine (C=N–C) groups is 1. The normalized spacial score (nSPS) is 26.9. The van der Waals surface area contributed by atoms with Crippen LogP contribution in [0.25, 0.3) is 0 Å². The van der Waals surface area contributed by atoms with Crippen molar-refractivity contribution in [1.29, 1.82) is 0 Å². The molecule has 1 aromatic rings. The van der Waals surface area contributed by atoms with E-state index in [4.69, 9.17) is 9.73 Å². The van der Waals surface area contributed by atoms with Crippen LogP contribution in [0.3, 0.4) is 0 Å². The average molecular weight is 386 g/mol. The minimum absolute atomic E-state index is 0.586. The van der Waals surface area contributed by atoms with Crippen LogP contribution >= 0.6 is 0 Å². The van der Waals surface area contributed by atoms with Gasteiger partial charge in [-0.15, -0.1) is 0 Å². The zero-order valence-corrected chi connectivity index (χ0v) is 17.4. The summed E-state index contributed by atoms with van der Waals surface area (Å²) in [6, 6.07) is 7.04. The Kier molecular flexibility index (Phi) is 6.37. The second kappa shape index (κ2) is 9.14. The molecule has 1 saturated carbocycles. The van der Waals surface area contributed by atoms with Gasteiger partial charge in [0.25, 0.3) is 0 Å². The number of nitrogens with zero attached hydrogens (tertiary/aromatic N) is 3. The van der Waals surface area contributed by atoms with Crippen LogP contribution in [0.4, 0.5) is 0 Å². The fourth-order valence-corrected chi connectivity index (χ4v) is 4.06. The first-order chi connectivity index (χ1) is 13.7. The molecule has 6 nitrogen and oxygen atoms in total. The fourth-order valence-electron chi connectivity index (χ4n) is 4.06. The van der Waals surface area contributed by atoms with Gasteiger partial charge in [-0.3, -0.25) is 9.80 Å². The SMILES string of the molecule is CCNC(=NCc1ccc(C)cc1OCC1CC1)NCC1CN2CCN1CC2. The molecule has 3 saturated heterocycles. The highest BCUT2D eigenvalue weighted by atomic mass is 16.5. The molecular weight excluding hydrogens is 350 g/mol. The van der Waals surface area contributed by atoms with Crippen LogP contribution in [-0.2, 0) is 6.54 Å². The van der Waals surface area contributed by atoms with Gasteiger partial charge in [-0.25, -0.2) is 4.99 Å². The van der Waals surface area contributed by atoms with Crippen molar-refractivity contribution in [3.63, 3.8) is 0 Å². The Morgan fingerprint density at radius 2 is 2.00 bits per heavy atom. The van der Waals surface area contributed by atoms with E-state index in [0.29, 0.717) is 12.6 Å². The molecule has 6 heteroatoms. The highest BCUT2D eigenvalue weighted by Gasteiger charge is 2.31. The number of hydrogen-bond acceptors (Lipinski definition) is 4. The Morgan fingerprint density at radius 1 is 1.18 bits per heavy atom. The van der Waals surface area contributed by atoms with Gasteiger partial charge in [0.1, 0.15) is 5.75 Å². The number of fused-ring (bicyclic) bond motifs is 3. The first kappa shape index (κ1) is 19.5. The fraction of sp³-hybridized carbons (Fsp3) is 0.682. The van der Waals surface area contributed by atoms with Gasteiger partial charge in [0.15, 0.2) is 5.96 Å². The van der Waals surface area contributed by atoms with Crippen molar-refractivity contribution in [2.75, 3.05) is 52.4 Å². The Labute approximate surface area is 169 Å². The molecule has 4 fully saturated rings. The van der Waals surface area contributed by atoms with Crippen molar-refractivity contribution in [3.8, 4) is 5.75 Å². The maximum atomic E-state index is 6.10. The van der Waals surface area contributed by atoms with Crippen LogP contribution in [0.5, 0.6) is 5.75 Å². The molecule has 0 amide bonds. The summed E-state index contributed by atoms with van der Waals surface area (Å²) in [6.07, 6.45) is 2.62. The van der Waals surface area contributed by atoms with E-state index in [1.54, 1.807) is 0 Å². The highest BCUT2D eigenvalue weighted by Crippen LogP contribution is 2.31. The van der Waals surface area contributed by atoms with E-state index in [9.17, 15) is 0 Å². The second-order valence-corrected chi connectivity index (χ2v) is 8.43. The maximum absolute atomic E-state index is 6.10. The summed E-state index contributed by atoms with van der Waals surface area (Å²) >= 11 is 0. The van der Waals surface area contributed by atoms with Gasteiger partial charge in [-0.1, -0.05) is 12.1 Å². The van der Waals surface area contributed by atoms with E-state index >= 15 is 0 Å². The predicted octanol–water partition coefficient (Wildman–Crippen LogP) is 1.84. The van der Waals surface area contributed by atoms with Crippen molar-refractivity contribution < 1.29 is 4.74 Å². The van der Waals surface area contributed by atoms with Crippen LogP contribution in [0, 0.1) is 12.8 Å². The Hall–Kier alpha value is -1.79. The van der Waals surface area contributed by atoms with Gasteiger partial charge >= 0.3 is 0 Å². The molecule has 1 aromatic carbocycles. The molecule has 2 bridgehead atoms. The van der Waals surface area contributed by atoms with Crippen molar-refractivity contribution in [3.05, 3.63) is 29.3 Å². The second-order valence-electron chi connectivity index (χ2n) is 8.43. The minimum Gasteiger partial charge on any atom is -0.493 e.